The third kappa shape index (κ3) is 5.73. The second kappa shape index (κ2) is 11.1. The second-order valence-corrected chi connectivity index (χ2v) is 9.58. The zero-order valence-electron chi connectivity index (χ0n) is 19.3. The van der Waals surface area contributed by atoms with E-state index in [4.69, 9.17) is 23.7 Å². The van der Waals surface area contributed by atoms with Gasteiger partial charge in [0.05, 0.1) is 22.8 Å². The molecule has 2 heterocycles. The molecule has 3 aromatic carbocycles. The van der Waals surface area contributed by atoms with Crippen molar-refractivity contribution in [3.05, 3.63) is 74.2 Å². The Morgan fingerprint density at radius 3 is 2.21 bits per heavy atom. The van der Waals surface area contributed by atoms with Gasteiger partial charge in [-0.15, -0.1) is 0 Å². The van der Waals surface area contributed by atoms with Gasteiger partial charge in [0.1, 0.15) is 0 Å². The largest absolute Gasteiger partial charge is 0.454 e. The molecule has 0 saturated carbocycles. The van der Waals surface area contributed by atoms with Crippen LogP contribution in [0.4, 0.5) is 0 Å². The SMILES string of the molecule is O=C(CNC(=O)c1ccc2c(c1)OCO2)N/N=C/c1cc(Br)cc(Br)c1OC(=O)c1ccc2c(c1)OCO2. The summed E-state index contributed by atoms with van der Waals surface area (Å²) in [6.45, 7) is -0.145. The van der Waals surface area contributed by atoms with E-state index in [9.17, 15) is 14.4 Å². The van der Waals surface area contributed by atoms with E-state index in [0.29, 0.717) is 43.1 Å². The van der Waals surface area contributed by atoms with Crippen LogP contribution in [0.2, 0.25) is 0 Å². The van der Waals surface area contributed by atoms with Crippen LogP contribution in [0.3, 0.4) is 0 Å². The summed E-state index contributed by atoms with van der Waals surface area (Å²) in [6.07, 6.45) is 1.31. The van der Waals surface area contributed by atoms with Crippen LogP contribution >= 0.6 is 31.9 Å². The predicted octanol–water partition coefficient (Wildman–Crippen LogP) is 3.77. The molecule has 0 aliphatic carbocycles. The van der Waals surface area contributed by atoms with Crippen molar-refractivity contribution in [2.75, 3.05) is 20.1 Å². The Morgan fingerprint density at radius 2 is 1.50 bits per heavy atom. The summed E-state index contributed by atoms with van der Waals surface area (Å²) in [7, 11) is 0. The van der Waals surface area contributed by atoms with Gasteiger partial charge in [-0.2, -0.15) is 5.10 Å². The van der Waals surface area contributed by atoms with Gasteiger partial charge in [0.25, 0.3) is 11.8 Å². The third-order valence-electron chi connectivity index (χ3n) is 5.28. The first-order chi connectivity index (χ1) is 18.4. The zero-order chi connectivity index (χ0) is 26.6. The minimum absolute atomic E-state index is 0.0839. The van der Waals surface area contributed by atoms with Crippen LogP contribution < -0.4 is 34.4 Å². The van der Waals surface area contributed by atoms with E-state index >= 15 is 0 Å². The number of esters is 1. The predicted molar refractivity (Wildman–Crippen MR) is 140 cm³/mol. The van der Waals surface area contributed by atoms with Gasteiger partial charge in [-0.3, -0.25) is 9.59 Å². The Bertz CT molecular complexity index is 1480. The molecule has 0 spiro atoms. The fraction of sp³-hybridized carbons (Fsp3) is 0.120. The maximum absolute atomic E-state index is 12.8. The monoisotopic (exact) mass is 645 g/mol. The average molecular weight is 647 g/mol. The molecule has 2 N–H and O–H groups in total. The van der Waals surface area contributed by atoms with E-state index < -0.39 is 17.8 Å². The second-order valence-electron chi connectivity index (χ2n) is 7.81. The minimum atomic E-state index is -0.628. The summed E-state index contributed by atoms with van der Waals surface area (Å²) in [5.74, 6) is 0.530. The number of benzene rings is 3. The van der Waals surface area contributed by atoms with Crippen molar-refractivity contribution in [2.45, 2.75) is 0 Å². The third-order valence-corrected chi connectivity index (χ3v) is 6.32. The van der Waals surface area contributed by atoms with Crippen molar-refractivity contribution in [3.63, 3.8) is 0 Å². The number of nitrogens with zero attached hydrogens (tertiary/aromatic N) is 1. The molecule has 2 aliphatic rings. The van der Waals surface area contributed by atoms with Crippen LogP contribution in [0, 0.1) is 0 Å². The minimum Gasteiger partial charge on any atom is -0.454 e. The first-order valence-electron chi connectivity index (χ1n) is 11.0. The standard InChI is InChI=1S/C25H17Br2N3O8/c26-16-5-15(23(17(27)8-16)38-25(33)14-2-4-19-21(7-14)37-12-35-19)9-29-30-22(31)10-28-24(32)13-1-3-18-20(6-13)36-11-34-18/h1-9H,10-12H2,(H,28,32)(H,30,31)/b29-9+. The van der Waals surface area contributed by atoms with Gasteiger partial charge in [0.2, 0.25) is 13.6 Å². The van der Waals surface area contributed by atoms with E-state index in [-0.39, 0.29) is 31.4 Å². The van der Waals surface area contributed by atoms with Crippen LogP contribution in [0.5, 0.6) is 28.7 Å². The Kier molecular flexibility index (Phi) is 7.47. The average Bonchev–Trinajstić information content (AvgIpc) is 3.57. The van der Waals surface area contributed by atoms with Gasteiger partial charge in [0, 0.05) is 15.6 Å². The van der Waals surface area contributed by atoms with E-state index in [1.807, 2.05) is 0 Å². The molecule has 0 radical (unpaired) electrons. The van der Waals surface area contributed by atoms with Gasteiger partial charge in [-0.1, -0.05) is 15.9 Å². The molecule has 0 atom stereocenters. The van der Waals surface area contributed by atoms with E-state index in [2.05, 4.69) is 47.7 Å². The number of fused-ring (bicyclic) bond motifs is 2. The summed E-state index contributed by atoms with van der Waals surface area (Å²) in [5, 5.41) is 6.43. The van der Waals surface area contributed by atoms with Gasteiger partial charge >= 0.3 is 5.97 Å². The molecule has 0 bridgehead atoms. The number of nitrogens with one attached hydrogen (secondary N) is 2. The van der Waals surface area contributed by atoms with Crippen molar-refractivity contribution < 1.29 is 38.1 Å². The fourth-order valence-corrected chi connectivity index (χ4v) is 4.81. The smallest absolute Gasteiger partial charge is 0.343 e. The number of ether oxygens (including phenoxy) is 5. The van der Waals surface area contributed by atoms with Crippen LogP contribution in [-0.4, -0.2) is 44.1 Å². The highest BCUT2D eigenvalue weighted by Gasteiger charge is 2.20. The summed E-state index contributed by atoms with van der Waals surface area (Å²) in [6, 6.07) is 12.8. The molecule has 2 amide bonds. The lowest BCUT2D eigenvalue weighted by atomic mass is 10.2. The summed E-state index contributed by atoms with van der Waals surface area (Å²) >= 11 is 6.77. The normalized spacial score (nSPS) is 12.9. The number of halogens is 2. The Hall–Kier alpha value is -4.10. The van der Waals surface area contributed by atoms with Crippen molar-refractivity contribution in [1.29, 1.82) is 0 Å². The lowest BCUT2D eigenvalue weighted by Crippen LogP contribution is -2.34. The molecular weight excluding hydrogens is 630 g/mol. The topological polar surface area (TPSA) is 134 Å². The van der Waals surface area contributed by atoms with Crippen LogP contribution in [0.1, 0.15) is 26.3 Å². The number of hydrazone groups is 1. The molecule has 2 aliphatic heterocycles. The Labute approximate surface area is 232 Å². The summed E-state index contributed by atoms with van der Waals surface area (Å²) < 4.78 is 27.8. The van der Waals surface area contributed by atoms with Crippen molar-refractivity contribution in [1.82, 2.24) is 10.7 Å². The Balaban J connectivity index is 1.20. The lowest BCUT2D eigenvalue weighted by Gasteiger charge is -2.11. The van der Waals surface area contributed by atoms with Crippen LogP contribution in [0.25, 0.3) is 0 Å². The molecule has 5 rings (SSSR count). The fourth-order valence-electron chi connectivity index (χ4n) is 3.47. The Morgan fingerprint density at radius 1 is 0.868 bits per heavy atom. The molecule has 0 fully saturated rings. The molecule has 0 unspecified atom stereocenters. The van der Waals surface area contributed by atoms with Gasteiger partial charge < -0.3 is 29.0 Å². The summed E-state index contributed by atoms with van der Waals surface area (Å²) in [4.78, 5) is 37.4. The van der Waals surface area contributed by atoms with E-state index in [1.165, 1.54) is 18.3 Å². The summed E-state index contributed by atoms with van der Waals surface area (Å²) in [5.41, 5.74) is 3.30. The van der Waals surface area contributed by atoms with E-state index in [1.54, 1.807) is 36.4 Å². The van der Waals surface area contributed by atoms with Gasteiger partial charge in [-0.25, -0.2) is 10.2 Å². The molecule has 194 valence electrons. The van der Waals surface area contributed by atoms with E-state index in [0.717, 1.165) is 0 Å². The zero-order valence-corrected chi connectivity index (χ0v) is 22.5. The molecule has 0 aromatic heterocycles. The molecule has 38 heavy (non-hydrogen) atoms. The number of carbonyl (C=O) groups is 3. The molecule has 13 heteroatoms. The number of rotatable bonds is 7. The molecule has 11 nitrogen and oxygen atoms in total. The van der Waals surface area contributed by atoms with Crippen molar-refractivity contribution in [3.8, 4) is 28.7 Å². The number of carbonyl (C=O) groups excluding carboxylic acids is 3. The number of hydrogen-bond acceptors (Lipinski definition) is 9. The number of hydrogen-bond donors (Lipinski definition) is 2. The first kappa shape index (κ1) is 25.5. The molecule has 0 saturated heterocycles. The maximum atomic E-state index is 12.8. The van der Waals surface area contributed by atoms with Crippen LogP contribution in [0.15, 0.2) is 62.6 Å². The lowest BCUT2D eigenvalue weighted by molar-refractivity contribution is -0.120. The van der Waals surface area contributed by atoms with Gasteiger partial charge in [-0.05, 0) is 64.5 Å². The first-order valence-corrected chi connectivity index (χ1v) is 12.6. The maximum Gasteiger partial charge on any atom is 0.343 e. The highest BCUT2D eigenvalue weighted by molar-refractivity contribution is 9.11. The highest BCUT2D eigenvalue weighted by Crippen LogP contribution is 2.35. The van der Waals surface area contributed by atoms with Crippen molar-refractivity contribution >= 4 is 55.9 Å². The molecule has 3 aromatic rings. The van der Waals surface area contributed by atoms with Crippen LogP contribution in [-0.2, 0) is 4.79 Å². The highest BCUT2D eigenvalue weighted by atomic mass is 79.9. The number of amides is 2. The van der Waals surface area contributed by atoms with Gasteiger partial charge in [0.15, 0.2) is 28.7 Å². The van der Waals surface area contributed by atoms with Crippen molar-refractivity contribution in [2.24, 2.45) is 5.10 Å². The quantitative estimate of drug-likeness (QED) is 0.172. The molecular formula is C25H17Br2N3O8.